The SMILES string of the molecule is COc1cccc(-c2ccc(CN3CCc4nc(SC)ncc4C3)cn2)c1. The molecule has 0 fully saturated rings. The molecule has 5 nitrogen and oxygen atoms in total. The third-order valence-corrected chi connectivity index (χ3v) is 5.33. The van der Waals surface area contributed by atoms with Gasteiger partial charge in [0, 0.05) is 49.6 Å². The summed E-state index contributed by atoms with van der Waals surface area (Å²) in [6.45, 7) is 2.78. The number of hydrogen-bond donors (Lipinski definition) is 0. The first-order valence-electron chi connectivity index (χ1n) is 8.95. The number of fused-ring (bicyclic) bond motifs is 1. The third-order valence-electron chi connectivity index (χ3n) is 4.77. The normalized spacial score (nSPS) is 14.0. The number of rotatable bonds is 5. The summed E-state index contributed by atoms with van der Waals surface area (Å²) < 4.78 is 5.30. The Hall–Kier alpha value is -2.44. The molecule has 27 heavy (non-hydrogen) atoms. The lowest BCUT2D eigenvalue weighted by atomic mass is 10.1. The van der Waals surface area contributed by atoms with Crippen molar-refractivity contribution in [2.24, 2.45) is 0 Å². The van der Waals surface area contributed by atoms with Crippen LogP contribution in [0.15, 0.2) is 53.9 Å². The van der Waals surface area contributed by atoms with Gasteiger partial charge in [-0.2, -0.15) is 0 Å². The van der Waals surface area contributed by atoms with Crippen molar-refractivity contribution in [1.82, 2.24) is 19.9 Å². The van der Waals surface area contributed by atoms with Gasteiger partial charge in [-0.1, -0.05) is 30.0 Å². The summed E-state index contributed by atoms with van der Waals surface area (Å²) in [5, 5.41) is 0.861. The summed E-state index contributed by atoms with van der Waals surface area (Å²) in [7, 11) is 1.68. The van der Waals surface area contributed by atoms with Crippen LogP contribution in [0.2, 0.25) is 0 Å². The van der Waals surface area contributed by atoms with E-state index >= 15 is 0 Å². The van der Waals surface area contributed by atoms with Crippen molar-refractivity contribution in [2.45, 2.75) is 24.7 Å². The molecular weight excluding hydrogens is 356 g/mol. The average molecular weight is 379 g/mol. The molecule has 0 atom stereocenters. The van der Waals surface area contributed by atoms with E-state index in [0.717, 1.165) is 48.2 Å². The molecule has 3 aromatic rings. The minimum atomic E-state index is 0.845. The van der Waals surface area contributed by atoms with Crippen LogP contribution in [0.3, 0.4) is 0 Å². The molecule has 0 amide bonds. The topological polar surface area (TPSA) is 51.1 Å². The Morgan fingerprint density at radius 2 is 2.07 bits per heavy atom. The molecule has 2 aromatic heterocycles. The average Bonchev–Trinajstić information content (AvgIpc) is 2.74. The number of aromatic nitrogens is 3. The lowest BCUT2D eigenvalue weighted by Crippen LogP contribution is -2.31. The van der Waals surface area contributed by atoms with Gasteiger partial charge >= 0.3 is 0 Å². The molecule has 0 spiro atoms. The smallest absolute Gasteiger partial charge is 0.187 e. The number of thioether (sulfide) groups is 1. The first kappa shape index (κ1) is 17.9. The van der Waals surface area contributed by atoms with Crippen molar-refractivity contribution < 1.29 is 4.74 Å². The molecule has 0 bridgehead atoms. The van der Waals surface area contributed by atoms with Crippen molar-refractivity contribution in [3.05, 3.63) is 65.6 Å². The maximum Gasteiger partial charge on any atom is 0.187 e. The Kier molecular flexibility index (Phi) is 5.36. The van der Waals surface area contributed by atoms with Crippen LogP contribution in [0.25, 0.3) is 11.3 Å². The number of hydrogen-bond acceptors (Lipinski definition) is 6. The van der Waals surface area contributed by atoms with Gasteiger partial charge in [-0.05, 0) is 30.0 Å². The Morgan fingerprint density at radius 3 is 2.85 bits per heavy atom. The van der Waals surface area contributed by atoms with Crippen molar-refractivity contribution in [3.63, 3.8) is 0 Å². The summed E-state index contributed by atoms with van der Waals surface area (Å²) in [6.07, 6.45) is 6.93. The number of pyridine rings is 1. The zero-order chi connectivity index (χ0) is 18.6. The second kappa shape index (κ2) is 8.06. The number of ether oxygens (including phenoxy) is 1. The van der Waals surface area contributed by atoms with Crippen LogP contribution in [0.4, 0.5) is 0 Å². The van der Waals surface area contributed by atoms with E-state index in [-0.39, 0.29) is 0 Å². The van der Waals surface area contributed by atoms with Gasteiger partial charge in [0.25, 0.3) is 0 Å². The molecule has 138 valence electrons. The molecule has 0 unspecified atom stereocenters. The molecule has 3 heterocycles. The predicted molar refractivity (Wildman–Crippen MR) is 108 cm³/mol. The molecule has 4 rings (SSSR count). The molecule has 0 aliphatic carbocycles. The lowest BCUT2D eigenvalue weighted by molar-refractivity contribution is 0.242. The van der Waals surface area contributed by atoms with Gasteiger partial charge in [-0.25, -0.2) is 9.97 Å². The molecule has 1 aliphatic heterocycles. The van der Waals surface area contributed by atoms with Crippen molar-refractivity contribution >= 4 is 11.8 Å². The first-order chi connectivity index (χ1) is 13.2. The van der Waals surface area contributed by atoms with Gasteiger partial charge < -0.3 is 4.74 Å². The summed E-state index contributed by atoms with van der Waals surface area (Å²) in [6, 6.07) is 12.2. The Bertz CT molecular complexity index is 930. The highest BCUT2D eigenvalue weighted by atomic mass is 32.2. The Balaban J connectivity index is 1.44. The second-order valence-electron chi connectivity index (χ2n) is 6.57. The van der Waals surface area contributed by atoms with E-state index in [9.17, 15) is 0 Å². The first-order valence-corrected chi connectivity index (χ1v) is 10.2. The Labute approximate surface area is 163 Å². The largest absolute Gasteiger partial charge is 0.497 e. The maximum atomic E-state index is 5.30. The predicted octanol–water partition coefficient (Wildman–Crippen LogP) is 3.83. The quantitative estimate of drug-likeness (QED) is 0.497. The van der Waals surface area contributed by atoms with Crippen molar-refractivity contribution in [3.8, 4) is 17.0 Å². The van der Waals surface area contributed by atoms with Gasteiger partial charge in [-0.3, -0.25) is 9.88 Å². The molecule has 0 N–H and O–H groups in total. The van der Waals surface area contributed by atoms with E-state index in [1.165, 1.54) is 16.8 Å². The van der Waals surface area contributed by atoms with Crippen LogP contribution in [0.1, 0.15) is 16.8 Å². The van der Waals surface area contributed by atoms with Crippen LogP contribution in [0, 0.1) is 0 Å². The highest BCUT2D eigenvalue weighted by Gasteiger charge is 2.18. The van der Waals surface area contributed by atoms with E-state index in [1.807, 2.05) is 36.8 Å². The minimum absolute atomic E-state index is 0.845. The van der Waals surface area contributed by atoms with Gasteiger partial charge in [0.2, 0.25) is 0 Å². The van der Waals surface area contributed by atoms with Crippen molar-refractivity contribution in [2.75, 3.05) is 19.9 Å². The van der Waals surface area contributed by atoms with E-state index in [1.54, 1.807) is 18.9 Å². The van der Waals surface area contributed by atoms with Crippen LogP contribution < -0.4 is 4.74 Å². The molecule has 1 aliphatic rings. The van der Waals surface area contributed by atoms with Gasteiger partial charge in [-0.15, -0.1) is 0 Å². The highest BCUT2D eigenvalue weighted by Crippen LogP contribution is 2.24. The van der Waals surface area contributed by atoms with E-state index < -0.39 is 0 Å². The fourth-order valence-corrected chi connectivity index (χ4v) is 3.68. The molecule has 6 heteroatoms. The third kappa shape index (κ3) is 4.12. The zero-order valence-corrected chi connectivity index (χ0v) is 16.4. The molecular formula is C21H22N4OS. The van der Waals surface area contributed by atoms with Crippen LogP contribution >= 0.6 is 11.8 Å². The molecule has 1 aromatic carbocycles. The maximum absolute atomic E-state index is 5.30. The van der Waals surface area contributed by atoms with Gasteiger partial charge in [0.1, 0.15) is 5.75 Å². The summed E-state index contributed by atoms with van der Waals surface area (Å²) in [5.74, 6) is 0.845. The lowest BCUT2D eigenvalue weighted by Gasteiger charge is -2.27. The van der Waals surface area contributed by atoms with E-state index in [0.29, 0.717) is 0 Å². The highest BCUT2D eigenvalue weighted by molar-refractivity contribution is 7.98. The zero-order valence-electron chi connectivity index (χ0n) is 15.6. The summed E-state index contributed by atoms with van der Waals surface area (Å²) >= 11 is 1.59. The van der Waals surface area contributed by atoms with Crippen molar-refractivity contribution in [1.29, 1.82) is 0 Å². The fraction of sp³-hybridized carbons (Fsp3) is 0.286. The van der Waals surface area contributed by atoms with Crippen LogP contribution in [-0.4, -0.2) is 39.8 Å². The van der Waals surface area contributed by atoms with E-state index in [4.69, 9.17) is 4.74 Å². The van der Waals surface area contributed by atoms with Crippen LogP contribution in [-0.2, 0) is 19.5 Å². The molecule has 0 saturated heterocycles. The molecule has 0 saturated carbocycles. The second-order valence-corrected chi connectivity index (χ2v) is 7.35. The van der Waals surface area contributed by atoms with E-state index in [2.05, 4.69) is 38.1 Å². The van der Waals surface area contributed by atoms with Gasteiger partial charge in [0.15, 0.2) is 5.16 Å². The number of nitrogens with zero attached hydrogens (tertiary/aromatic N) is 4. The fourth-order valence-electron chi connectivity index (χ4n) is 3.32. The number of benzene rings is 1. The summed E-state index contributed by atoms with van der Waals surface area (Å²) in [4.78, 5) is 16.1. The van der Waals surface area contributed by atoms with Crippen LogP contribution in [0.5, 0.6) is 5.75 Å². The van der Waals surface area contributed by atoms with Gasteiger partial charge in [0.05, 0.1) is 18.5 Å². The Morgan fingerprint density at radius 1 is 1.15 bits per heavy atom. The minimum Gasteiger partial charge on any atom is -0.497 e. The monoisotopic (exact) mass is 378 g/mol. The number of methoxy groups -OCH3 is 1. The summed E-state index contributed by atoms with van der Waals surface area (Å²) in [5.41, 5.74) is 5.66. The molecule has 0 radical (unpaired) electrons. The standard InChI is InChI=1S/C21H22N4OS/c1-26-18-5-3-4-16(10-18)19-7-6-15(11-22-19)13-25-9-8-20-17(14-25)12-23-21(24-20)27-2/h3-7,10-12H,8-9,13-14H2,1-2H3.